The van der Waals surface area contributed by atoms with E-state index >= 15 is 0 Å². The Morgan fingerprint density at radius 2 is 1.74 bits per heavy atom. The maximum Gasteiger partial charge on any atom is 0.201 e. The van der Waals surface area contributed by atoms with Crippen LogP contribution in [0.1, 0.15) is 12.0 Å². The third-order valence-electron chi connectivity index (χ3n) is 5.02. The Labute approximate surface area is 161 Å². The van der Waals surface area contributed by atoms with Gasteiger partial charge in [-0.2, -0.15) is 0 Å². The van der Waals surface area contributed by atoms with E-state index in [0.717, 1.165) is 42.4 Å². The molecular formula is C22H26N5. The lowest BCUT2D eigenvalue weighted by atomic mass is 10.1. The standard InChI is InChI=1S/C22H26N5/c1-26-12-5-13-27(15-14-26)21-10-8-20(9-11-21)25-22-23-16-19(17-24-22)18-6-3-2-4-7-18/h2-4,6-11,16-17H,5,12-15H2,1H3,(H2,23,24,25). The fourth-order valence-corrected chi connectivity index (χ4v) is 3.41. The Morgan fingerprint density at radius 1 is 0.926 bits per heavy atom. The molecule has 4 rings (SSSR count). The molecule has 1 saturated heterocycles. The van der Waals surface area contributed by atoms with Crippen LogP contribution in [0, 0.1) is 6.54 Å². The normalized spacial score (nSPS) is 18.2. The molecule has 5 heteroatoms. The largest absolute Gasteiger partial charge is 0.370 e. The molecule has 2 aliphatic heterocycles. The van der Waals surface area contributed by atoms with E-state index in [1.165, 1.54) is 18.7 Å². The number of anilines is 2. The van der Waals surface area contributed by atoms with Crippen LogP contribution in [0.25, 0.3) is 5.57 Å². The molecular weight excluding hydrogens is 334 g/mol. The second-order valence-electron chi connectivity index (χ2n) is 7.03. The first-order chi connectivity index (χ1) is 13.3. The van der Waals surface area contributed by atoms with Crippen molar-refractivity contribution in [1.82, 2.24) is 10.2 Å². The van der Waals surface area contributed by atoms with Crippen LogP contribution in [0.15, 0.2) is 65.8 Å². The summed E-state index contributed by atoms with van der Waals surface area (Å²) in [5, 5.41) is 6.58. The average Bonchev–Trinajstić information content (AvgIpc) is 2.94. The van der Waals surface area contributed by atoms with E-state index in [-0.39, 0.29) is 0 Å². The van der Waals surface area contributed by atoms with Crippen LogP contribution in [0.4, 0.5) is 11.4 Å². The van der Waals surface area contributed by atoms with Gasteiger partial charge in [0.05, 0.1) is 6.54 Å². The maximum absolute atomic E-state index is 4.50. The van der Waals surface area contributed by atoms with Gasteiger partial charge in [-0.1, -0.05) is 30.3 Å². The number of guanidine groups is 1. The average molecular weight is 360 g/mol. The van der Waals surface area contributed by atoms with E-state index in [0.29, 0.717) is 0 Å². The molecule has 1 radical (unpaired) electrons. The summed E-state index contributed by atoms with van der Waals surface area (Å²) in [4.78, 5) is 9.36. The smallest absolute Gasteiger partial charge is 0.201 e. The minimum atomic E-state index is 0.735. The second kappa shape index (κ2) is 8.27. The number of rotatable bonds is 3. The van der Waals surface area contributed by atoms with E-state index in [1.807, 2.05) is 30.9 Å². The summed E-state index contributed by atoms with van der Waals surface area (Å²) in [5.41, 5.74) is 4.54. The molecule has 0 unspecified atom stereocenters. The number of hydrogen-bond donors (Lipinski definition) is 2. The molecule has 2 N–H and O–H groups in total. The van der Waals surface area contributed by atoms with E-state index < -0.39 is 0 Å². The Bertz CT molecular complexity index is 810. The number of hydrogen-bond acceptors (Lipinski definition) is 5. The van der Waals surface area contributed by atoms with Crippen molar-refractivity contribution in [3.63, 3.8) is 0 Å². The SMILES string of the molecule is CN1CCCN(c2ccc(NC3=NC=C(c4ccccc4)[CH]N3)cc2)CC1. The minimum absolute atomic E-state index is 0.735. The number of nitrogens with one attached hydrogen (secondary N) is 2. The highest BCUT2D eigenvalue weighted by atomic mass is 15.2. The number of aliphatic imine (C=N–C) groups is 1. The molecule has 0 amide bonds. The van der Waals surface area contributed by atoms with Crippen molar-refractivity contribution in [2.24, 2.45) is 4.99 Å². The first kappa shape index (κ1) is 17.6. The summed E-state index contributed by atoms with van der Waals surface area (Å²) < 4.78 is 0. The third kappa shape index (κ3) is 4.49. The van der Waals surface area contributed by atoms with Gasteiger partial charge >= 0.3 is 0 Å². The molecule has 0 aliphatic carbocycles. The van der Waals surface area contributed by atoms with Gasteiger partial charge in [-0.15, -0.1) is 0 Å². The summed E-state index contributed by atoms with van der Waals surface area (Å²) in [7, 11) is 2.20. The van der Waals surface area contributed by atoms with Gasteiger partial charge in [0, 0.05) is 42.8 Å². The zero-order valence-corrected chi connectivity index (χ0v) is 15.7. The molecule has 0 spiro atoms. The number of likely N-dealkylation sites (N-methyl/N-ethyl adjacent to an activating group) is 1. The van der Waals surface area contributed by atoms with Gasteiger partial charge in [0.15, 0.2) is 0 Å². The third-order valence-corrected chi connectivity index (χ3v) is 5.02. The van der Waals surface area contributed by atoms with Gasteiger partial charge in [0.25, 0.3) is 0 Å². The molecule has 2 aromatic rings. The second-order valence-corrected chi connectivity index (χ2v) is 7.03. The molecule has 5 nitrogen and oxygen atoms in total. The highest BCUT2D eigenvalue weighted by molar-refractivity contribution is 5.98. The van der Waals surface area contributed by atoms with Crippen molar-refractivity contribution in [3.05, 3.63) is 72.9 Å². The molecule has 0 bridgehead atoms. The Hall–Kier alpha value is -2.79. The highest BCUT2D eigenvalue weighted by Crippen LogP contribution is 2.21. The van der Waals surface area contributed by atoms with Crippen LogP contribution in [-0.4, -0.2) is 44.1 Å². The molecule has 2 aliphatic rings. The lowest BCUT2D eigenvalue weighted by Gasteiger charge is -2.23. The number of benzene rings is 2. The van der Waals surface area contributed by atoms with Gasteiger partial charge in [-0.05, 0) is 49.8 Å². The topological polar surface area (TPSA) is 42.9 Å². The van der Waals surface area contributed by atoms with Crippen LogP contribution in [-0.2, 0) is 0 Å². The van der Waals surface area contributed by atoms with E-state index in [4.69, 9.17) is 0 Å². The Balaban J connectivity index is 1.39. The molecule has 0 saturated carbocycles. The van der Waals surface area contributed by atoms with Gasteiger partial charge in [-0.3, -0.25) is 0 Å². The molecule has 2 heterocycles. The van der Waals surface area contributed by atoms with Crippen LogP contribution >= 0.6 is 0 Å². The summed E-state index contributed by atoms with van der Waals surface area (Å²) in [5.74, 6) is 0.735. The van der Waals surface area contributed by atoms with Crippen LogP contribution < -0.4 is 15.5 Å². The van der Waals surface area contributed by atoms with Crippen molar-refractivity contribution < 1.29 is 0 Å². The van der Waals surface area contributed by atoms with Crippen molar-refractivity contribution >= 4 is 22.9 Å². The minimum Gasteiger partial charge on any atom is -0.370 e. The van der Waals surface area contributed by atoms with Crippen molar-refractivity contribution in [2.75, 3.05) is 43.4 Å². The van der Waals surface area contributed by atoms with Crippen LogP contribution in [0.5, 0.6) is 0 Å². The fraction of sp³-hybridized carbons (Fsp3) is 0.273. The van der Waals surface area contributed by atoms with Gasteiger partial charge in [0.2, 0.25) is 5.96 Å². The molecule has 1 fully saturated rings. The van der Waals surface area contributed by atoms with Crippen LogP contribution in [0.3, 0.4) is 0 Å². The quantitative estimate of drug-likeness (QED) is 0.880. The summed E-state index contributed by atoms with van der Waals surface area (Å²) in [6, 6.07) is 18.8. The molecule has 139 valence electrons. The number of nitrogens with zero attached hydrogens (tertiary/aromatic N) is 3. The zero-order chi connectivity index (χ0) is 18.5. The van der Waals surface area contributed by atoms with E-state index in [1.54, 1.807) is 0 Å². The molecule has 0 atom stereocenters. The molecule has 27 heavy (non-hydrogen) atoms. The highest BCUT2D eigenvalue weighted by Gasteiger charge is 2.13. The van der Waals surface area contributed by atoms with Gasteiger partial charge < -0.3 is 20.4 Å². The Morgan fingerprint density at radius 3 is 2.48 bits per heavy atom. The Kier molecular flexibility index (Phi) is 5.39. The van der Waals surface area contributed by atoms with Crippen molar-refractivity contribution in [2.45, 2.75) is 6.42 Å². The monoisotopic (exact) mass is 360 g/mol. The van der Waals surface area contributed by atoms with Gasteiger partial charge in [-0.25, -0.2) is 4.99 Å². The lowest BCUT2D eigenvalue weighted by molar-refractivity contribution is 0.360. The van der Waals surface area contributed by atoms with E-state index in [9.17, 15) is 0 Å². The van der Waals surface area contributed by atoms with E-state index in [2.05, 4.69) is 68.9 Å². The van der Waals surface area contributed by atoms with Gasteiger partial charge in [0.1, 0.15) is 0 Å². The zero-order valence-electron chi connectivity index (χ0n) is 15.7. The lowest BCUT2D eigenvalue weighted by Crippen LogP contribution is -2.31. The first-order valence-electron chi connectivity index (χ1n) is 9.52. The van der Waals surface area contributed by atoms with Crippen molar-refractivity contribution in [1.29, 1.82) is 0 Å². The first-order valence-corrected chi connectivity index (χ1v) is 9.52. The predicted octanol–water partition coefficient (Wildman–Crippen LogP) is 3.40. The van der Waals surface area contributed by atoms with Crippen LogP contribution in [0.2, 0.25) is 0 Å². The predicted molar refractivity (Wildman–Crippen MR) is 114 cm³/mol. The molecule has 0 aromatic heterocycles. The summed E-state index contributed by atoms with van der Waals surface area (Å²) >= 11 is 0. The fourth-order valence-electron chi connectivity index (χ4n) is 3.41. The maximum atomic E-state index is 4.50. The van der Waals surface area contributed by atoms with Crippen molar-refractivity contribution in [3.8, 4) is 0 Å². The summed E-state index contributed by atoms with van der Waals surface area (Å²) in [6.07, 6.45) is 3.10. The molecule has 2 aromatic carbocycles. The summed E-state index contributed by atoms with van der Waals surface area (Å²) in [6.45, 7) is 6.48.